The Morgan fingerprint density at radius 3 is 2.27 bits per heavy atom. The van der Waals surface area contributed by atoms with E-state index in [4.69, 9.17) is 21.1 Å². The Morgan fingerprint density at radius 2 is 1.61 bits per heavy atom. The molecule has 0 spiro atoms. The molecule has 0 aliphatic carbocycles. The van der Waals surface area contributed by atoms with Crippen molar-refractivity contribution >= 4 is 35.1 Å². The van der Waals surface area contributed by atoms with Gasteiger partial charge in [0.2, 0.25) is 5.75 Å². The standard InChI is InChI=1S/C22H16ClN3O7/c23-16-8-11-19(18(12-16)26(30)31)33-17-9-6-15(7-10-17)22(29)32-13-20(27)24-25-21(28)14-4-2-1-3-5-14/h1-12H,13H2,(H,24,27)(H,25,28). The highest BCUT2D eigenvalue weighted by Gasteiger charge is 2.17. The predicted octanol–water partition coefficient (Wildman–Crippen LogP) is 3.66. The number of nitro groups is 1. The van der Waals surface area contributed by atoms with Gasteiger partial charge in [-0.3, -0.25) is 30.6 Å². The zero-order chi connectivity index (χ0) is 23.8. The van der Waals surface area contributed by atoms with Gasteiger partial charge >= 0.3 is 11.7 Å². The highest BCUT2D eigenvalue weighted by Crippen LogP contribution is 2.33. The van der Waals surface area contributed by atoms with Crippen molar-refractivity contribution in [1.29, 1.82) is 0 Å². The molecule has 0 unspecified atom stereocenters. The predicted molar refractivity (Wildman–Crippen MR) is 117 cm³/mol. The number of nitrogens with one attached hydrogen (secondary N) is 2. The summed E-state index contributed by atoms with van der Waals surface area (Å²) in [5, 5.41) is 11.3. The van der Waals surface area contributed by atoms with Crippen LogP contribution in [0.15, 0.2) is 72.8 Å². The van der Waals surface area contributed by atoms with Gasteiger partial charge in [0.05, 0.1) is 10.5 Å². The van der Waals surface area contributed by atoms with Crippen LogP contribution in [-0.2, 0) is 9.53 Å². The smallest absolute Gasteiger partial charge is 0.338 e. The molecule has 0 heterocycles. The van der Waals surface area contributed by atoms with E-state index < -0.39 is 29.3 Å². The first kappa shape index (κ1) is 23.2. The summed E-state index contributed by atoms with van der Waals surface area (Å²) < 4.78 is 10.4. The lowest BCUT2D eigenvalue weighted by atomic mass is 10.2. The van der Waals surface area contributed by atoms with Crippen molar-refractivity contribution in [3.8, 4) is 11.5 Å². The zero-order valence-electron chi connectivity index (χ0n) is 16.8. The van der Waals surface area contributed by atoms with Crippen LogP contribution in [0, 0.1) is 10.1 Å². The zero-order valence-corrected chi connectivity index (χ0v) is 17.6. The Hall–Kier alpha value is -4.44. The first-order valence-electron chi connectivity index (χ1n) is 9.36. The summed E-state index contributed by atoms with van der Waals surface area (Å²) >= 11 is 5.77. The molecule has 0 aliphatic heterocycles. The summed E-state index contributed by atoms with van der Waals surface area (Å²) in [7, 11) is 0. The average Bonchev–Trinajstić information content (AvgIpc) is 2.83. The Labute approximate surface area is 192 Å². The van der Waals surface area contributed by atoms with Crippen molar-refractivity contribution in [3.05, 3.63) is 99.1 Å². The second-order valence-corrected chi connectivity index (χ2v) is 6.88. The first-order chi connectivity index (χ1) is 15.8. The molecule has 0 radical (unpaired) electrons. The fourth-order valence-corrected chi connectivity index (χ4v) is 2.71. The fourth-order valence-electron chi connectivity index (χ4n) is 2.54. The third-order valence-electron chi connectivity index (χ3n) is 4.12. The van der Waals surface area contributed by atoms with Crippen LogP contribution < -0.4 is 15.6 Å². The molecule has 33 heavy (non-hydrogen) atoms. The van der Waals surface area contributed by atoms with Gasteiger partial charge in [0.25, 0.3) is 11.8 Å². The molecule has 2 amide bonds. The minimum atomic E-state index is -0.788. The summed E-state index contributed by atoms with van der Waals surface area (Å²) in [6.45, 7) is -0.622. The van der Waals surface area contributed by atoms with Gasteiger partial charge in [-0.15, -0.1) is 0 Å². The topological polar surface area (TPSA) is 137 Å². The summed E-state index contributed by atoms with van der Waals surface area (Å²) in [6.07, 6.45) is 0. The fraction of sp³-hybridized carbons (Fsp3) is 0.0455. The maximum absolute atomic E-state index is 12.1. The third kappa shape index (κ3) is 6.52. The average molecular weight is 470 g/mol. The van der Waals surface area contributed by atoms with Gasteiger partial charge in [-0.2, -0.15) is 0 Å². The molecule has 3 aromatic rings. The van der Waals surface area contributed by atoms with Crippen LogP contribution in [-0.4, -0.2) is 29.3 Å². The lowest BCUT2D eigenvalue weighted by Crippen LogP contribution is -2.43. The number of carbonyl (C=O) groups is 3. The molecule has 11 heteroatoms. The first-order valence-corrected chi connectivity index (χ1v) is 9.74. The highest BCUT2D eigenvalue weighted by molar-refractivity contribution is 6.30. The van der Waals surface area contributed by atoms with Gasteiger partial charge in [-0.05, 0) is 48.5 Å². The Bertz CT molecular complexity index is 1180. The van der Waals surface area contributed by atoms with Gasteiger partial charge < -0.3 is 9.47 Å². The molecule has 0 fully saturated rings. The van der Waals surface area contributed by atoms with E-state index in [1.54, 1.807) is 30.3 Å². The van der Waals surface area contributed by atoms with Crippen LogP contribution in [0.25, 0.3) is 0 Å². The number of esters is 1. The molecular weight excluding hydrogens is 454 g/mol. The van der Waals surface area contributed by atoms with Crippen LogP contribution in [0.5, 0.6) is 11.5 Å². The Morgan fingerprint density at radius 1 is 0.909 bits per heavy atom. The Balaban J connectivity index is 1.51. The van der Waals surface area contributed by atoms with Crippen LogP contribution >= 0.6 is 11.6 Å². The second kappa shape index (κ2) is 10.7. The minimum absolute atomic E-state index is 0.0195. The lowest BCUT2D eigenvalue weighted by molar-refractivity contribution is -0.385. The molecule has 0 saturated carbocycles. The van der Waals surface area contributed by atoms with Gasteiger partial charge in [-0.25, -0.2) is 4.79 Å². The summed E-state index contributed by atoms with van der Waals surface area (Å²) in [5.41, 5.74) is 4.51. The maximum atomic E-state index is 12.1. The van der Waals surface area contributed by atoms with Gasteiger partial charge in [0.15, 0.2) is 6.61 Å². The van der Waals surface area contributed by atoms with E-state index in [0.29, 0.717) is 5.56 Å². The molecule has 0 aliphatic rings. The largest absolute Gasteiger partial charge is 0.452 e. The normalized spacial score (nSPS) is 10.1. The Kier molecular flexibility index (Phi) is 7.55. The monoisotopic (exact) mass is 469 g/mol. The van der Waals surface area contributed by atoms with Crippen LogP contribution in [0.4, 0.5) is 5.69 Å². The van der Waals surface area contributed by atoms with E-state index in [0.717, 1.165) is 6.07 Å². The molecule has 0 bridgehead atoms. The molecule has 0 saturated heterocycles. The molecular formula is C22H16ClN3O7. The summed E-state index contributed by atoms with van der Waals surface area (Å²) in [5.74, 6) is -1.83. The molecule has 168 valence electrons. The SMILES string of the molecule is O=C(COC(=O)c1ccc(Oc2ccc(Cl)cc2[N+](=O)[O-])cc1)NNC(=O)c1ccccc1. The summed E-state index contributed by atoms with van der Waals surface area (Å²) in [6, 6.07) is 17.8. The molecule has 0 aromatic heterocycles. The number of carbonyl (C=O) groups excluding carboxylic acids is 3. The van der Waals surface area contributed by atoms with Crippen molar-refractivity contribution in [1.82, 2.24) is 10.9 Å². The van der Waals surface area contributed by atoms with E-state index in [2.05, 4.69) is 10.9 Å². The number of amides is 2. The maximum Gasteiger partial charge on any atom is 0.338 e. The van der Waals surface area contributed by atoms with Crippen LogP contribution in [0.2, 0.25) is 5.02 Å². The van der Waals surface area contributed by atoms with Crippen LogP contribution in [0.3, 0.4) is 0 Å². The molecule has 3 aromatic carbocycles. The van der Waals surface area contributed by atoms with Crippen molar-refractivity contribution in [2.75, 3.05) is 6.61 Å². The lowest BCUT2D eigenvalue weighted by Gasteiger charge is -2.09. The molecule has 0 atom stereocenters. The van der Waals surface area contributed by atoms with Crippen molar-refractivity contribution in [2.24, 2.45) is 0 Å². The quantitative estimate of drug-likeness (QED) is 0.306. The number of halogens is 1. The van der Waals surface area contributed by atoms with E-state index in [9.17, 15) is 24.5 Å². The molecule has 10 nitrogen and oxygen atoms in total. The van der Waals surface area contributed by atoms with Gasteiger partial charge in [0.1, 0.15) is 5.75 Å². The van der Waals surface area contributed by atoms with Gasteiger partial charge in [0, 0.05) is 16.7 Å². The molecule has 3 rings (SSSR count). The number of hydrogen-bond acceptors (Lipinski definition) is 7. The van der Waals surface area contributed by atoms with Crippen molar-refractivity contribution in [3.63, 3.8) is 0 Å². The number of nitrogens with zero attached hydrogens (tertiary/aromatic N) is 1. The van der Waals surface area contributed by atoms with Crippen LogP contribution in [0.1, 0.15) is 20.7 Å². The van der Waals surface area contributed by atoms with E-state index in [1.807, 2.05) is 0 Å². The number of nitro benzene ring substituents is 1. The number of benzene rings is 3. The number of hydrazine groups is 1. The highest BCUT2D eigenvalue weighted by atomic mass is 35.5. The van der Waals surface area contributed by atoms with Crippen molar-refractivity contribution < 1.29 is 28.8 Å². The van der Waals surface area contributed by atoms with Crippen molar-refractivity contribution in [2.45, 2.75) is 0 Å². The minimum Gasteiger partial charge on any atom is -0.452 e. The third-order valence-corrected chi connectivity index (χ3v) is 4.36. The number of rotatable bonds is 7. The van der Waals surface area contributed by atoms with E-state index >= 15 is 0 Å². The number of hydrogen-bond donors (Lipinski definition) is 2. The second-order valence-electron chi connectivity index (χ2n) is 6.44. The van der Waals surface area contributed by atoms with E-state index in [1.165, 1.54) is 36.4 Å². The number of ether oxygens (including phenoxy) is 2. The van der Waals surface area contributed by atoms with Gasteiger partial charge in [-0.1, -0.05) is 29.8 Å². The summed E-state index contributed by atoms with van der Waals surface area (Å²) in [4.78, 5) is 46.3. The molecule has 2 N–H and O–H groups in total. The van der Waals surface area contributed by atoms with E-state index in [-0.39, 0.29) is 27.8 Å².